The topological polar surface area (TPSA) is 160 Å². The maximum absolute atomic E-state index is 12.3. The molecular formula is C40H68N2O8. The molecule has 10 atom stereocenters. The molecule has 0 heterocycles. The number of aliphatic hydroxyl groups excluding tert-OH is 5. The lowest BCUT2D eigenvalue weighted by Gasteiger charge is -2.58. The number of hydrogen-bond acceptors (Lipinski definition) is 8. The minimum Gasteiger partial charge on any atom is -0.506 e. The van der Waals surface area contributed by atoms with Crippen molar-refractivity contribution in [2.75, 3.05) is 32.8 Å². The summed E-state index contributed by atoms with van der Waals surface area (Å²) >= 11 is 0. The zero-order valence-electron chi connectivity index (χ0n) is 31.7. The van der Waals surface area contributed by atoms with Crippen molar-refractivity contribution in [3.63, 3.8) is 0 Å². The highest BCUT2D eigenvalue weighted by atomic mass is 16.5. The first-order valence-corrected chi connectivity index (χ1v) is 19.6. The zero-order chi connectivity index (χ0) is 36.8. The highest BCUT2D eigenvalue weighted by molar-refractivity contribution is 5.91. The van der Waals surface area contributed by atoms with Crippen LogP contribution >= 0.6 is 0 Å². The molecule has 3 unspecified atom stereocenters. The van der Waals surface area contributed by atoms with Gasteiger partial charge in [-0.25, -0.2) is 0 Å². The first-order valence-electron chi connectivity index (χ1n) is 19.6. The van der Waals surface area contributed by atoms with Crippen molar-refractivity contribution in [2.24, 2.45) is 46.3 Å². The summed E-state index contributed by atoms with van der Waals surface area (Å²) in [6.07, 6.45) is 13.4. The van der Waals surface area contributed by atoms with Gasteiger partial charge in [0.05, 0.1) is 19.3 Å². The van der Waals surface area contributed by atoms with Crippen LogP contribution in [-0.2, 0) is 14.3 Å². The van der Waals surface area contributed by atoms with E-state index in [9.17, 15) is 30.0 Å². The number of hydrogen-bond donors (Lipinski definition) is 6. The van der Waals surface area contributed by atoms with E-state index in [0.29, 0.717) is 31.5 Å². The Morgan fingerprint density at radius 2 is 1.74 bits per heavy atom. The minimum absolute atomic E-state index is 0.0953. The second-order valence-corrected chi connectivity index (χ2v) is 17.1. The number of rotatable bonds is 17. The molecule has 10 nitrogen and oxygen atoms in total. The van der Waals surface area contributed by atoms with Gasteiger partial charge >= 0.3 is 0 Å². The van der Waals surface area contributed by atoms with Crippen molar-refractivity contribution in [3.05, 3.63) is 23.2 Å². The number of fused-ring (bicyclic) bond motifs is 5. The van der Waals surface area contributed by atoms with E-state index in [1.165, 1.54) is 58.3 Å². The standard InChI is InChI=1S/C40H68N2O8/c1-25(2)9-7-10-26(3)31-13-14-32-30-12-11-28-23-29(15-17-39(28,5)33(30)16-18-40(31,32)6)50-22-21-42(27(4)44)20-8-19-41-38(49)37(48)36(47)35(46)34(45)24-43/h11,25-26,29-35,43,45-48H,7-10,12-24H2,1-6H3,(H,41,49)/b37-36-/t26?,29-,30?,31+,32-,33-,34?,35+,39-,40+/m0/s1. The Bertz CT molecular complexity index is 1220. The van der Waals surface area contributed by atoms with Crippen LogP contribution in [0.1, 0.15) is 119 Å². The number of carbonyl (C=O) groups is 2. The molecule has 0 aromatic rings. The Morgan fingerprint density at radius 1 is 1.00 bits per heavy atom. The Balaban J connectivity index is 1.24. The van der Waals surface area contributed by atoms with Crippen LogP contribution in [0.3, 0.4) is 0 Å². The van der Waals surface area contributed by atoms with Gasteiger partial charge in [-0.2, -0.15) is 0 Å². The average Bonchev–Trinajstić information content (AvgIpc) is 3.44. The van der Waals surface area contributed by atoms with Crippen molar-refractivity contribution in [1.29, 1.82) is 0 Å². The first kappa shape index (κ1) is 40.6. The third-order valence-electron chi connectivity index (χ3n) is 13.6. The molecule has 4 rings (SSSR count). The maximum Gasteiger partial charge on any atom is 0.289 e. The van der Waals surface area contributed by atoms with Gasteiger partial charge in [-0.1, -0.05) is 65.5 Å². The molecule has 0 spiro atoms. The molecule has 3 saturated carbocycles. The van der Waals surface area contributed by atoms with E-state index in [-0.39, 0.29) is 24.0 Å². The Labute approximate surface area is 300 Å². The van der Waals surface area contributed by atoms with Crippen molar-refractivity contribution >= 4 is 11.8 Å². The quantitative estimate of drug-likeness (QED) is 0.0479. The van der Waals surface area contributed by atoms with Gasteiger partial charge in [0.25, 0.3) is 5.91 Å². The van der Waals surface area contributed by atoms with Gasteiger partial charge in [0, 0.05) is 26.6 Å². The first-order chi connectivity index (χ1) is 23.6. The summed E-state index contributed by atoms with van der Waals surface area (Å²) in [6, 6.07) is 0. The highest BCUT2D eigenvalue weighted by Crippen LogP contribution is 2.67. The molecule has 0 radical (unpaired) electrons. The normalized spacial score (nSPS) is 32.9. The molecule has 0 aromatic carbocycles. The molecule has 6 N–H and O–H groups in total. The maximum atomic E-state index is 12.3. The van der Waals surface area contributed by atoms with E-state index >= 15 is 0 Å². The van der Waals surface area contributed by atoms with E-state index < -0.39 is 36.2 Å². The molecule has 2 amide bonds. The predicted octanol–water partition coefficient (Wildman–Crippen LogP) is 5.81. The lowest BCUT2D eigenvalue weighted by atomic mass is 9.47. The molecule has 50 heavy (non-hydrogen) atoms. The lowest BCUT2D eigenvalue weighted by Crippen LogP contribution is -2.51. The molecule has 3 fully saturated rings. The number of ether oxygens (including phenoxy) is 1. The fraction of sp³-hybridized carbons (Fsp3) is 0.850. The number of nitrogens with one attached hydrogen (secondary N) is 1. The molecule has 0 aliphatic heterocycles. The van der Waals surface area contributed by atoms with E-state index in [1.54, 1.807) is 10.5 Å². The molecule has 0 saturated heterocycles. The Morgan fingerprint density at radius 3 is 2.42 bits per heavy atom. The monoisotopic (exact) mass is 704 g/mol. The summed E-state index contributed by atoms with van der Waals surface area (Å²) in [5.41, 5.74) is 2.35. The third kappa shape index (κ3) is 9.07. The summed E-state index contributed by atoms with van der Waals surface area (Å²) in [4.78, 5) is 26.1. The molecule has 4 aliphatic rings. The fourth-order valence-corrected chi connectivity index (χ4v) is 10.6. The molecule has 0 aromatic heterocycles. The molecule has 0 bridgehead atoms. The van der Waals surface area contributed by atoms with Crippen LogP contribution in [0.25, 0.3) is 0 Å². The van der Waals surface area contributed by atoms with Gasteiger partial charge in [0.2, 0.25) is 11.7 Å². The second kappa shape index (κ2) is 17.6. The average molecular weight is 705 g/mol. The van der Waals surface area contributed by atoms with Crippen molar-refractivity contribution in [3.8, 4) is 0 Å². The number of nitrogens with zero attached hydrogens (tertiary/aromatic N) is 1. The predicted molar refractivity (Wildman–Crippen MR) is 194 cm³/mol. The summed E-state index contributed by atoms with van der Waals surface area (Å²) < 4.78 is 6.39. The number of allylic oxidation sites excluding steroid dienone is 1. The molecule has 286 valence electrons. The van der Waals surface area contributed by atoms with Crippen molar-refractivity contribution in [1.82, 2.24) is 10.2 Å². The second-order valence-electron chi connectivity index (χ2n) is 17.1. The van der Waals surface area contributed by atoms with Crippen LogP contribution in [0.15, 0.2) is 23.2 Å². The van der Waals surface area contributed by atoms with E-state index in [1.807, 2.05) is 0 Å². The third-order valence-corrected chi connectivity index (χ3v) is 13.6. The van der Waals surface area contributed by atoms with Crippen molar-refractivity contribution in [2.45, 2.75) is 137 Å². The van der Waals surface area contributed by atoms with Crippen LogP contribution in [0.2, 0.25) is 0 Å². The van der Waals surface area contributed by atoms with Gasteiger partial charge < -0.3 is 40.5 Å². The smallest absolute Gasteiger partial charge is 0.289 e. The lowest BCUT2D eigenvalue weighted by molar-refractivity contribution is -0.130. The molecule has 4 aliphatic carbocycles. The van der Waals surface area contributed by atoms with Crippen LogP contribution in [0, 0.1) is 46.3 Å². The Hall–Kier alpha value is -2.14. The van der Waals surface area contributed by atoms with Crippen LogP contribution in [0.5, 0.6) is 0 Å². The summed E-state index contributed by atoms with van der Waals surface area (Å²) in [7, 11) is 0. The highest BCUT2D eigenvalue weighted by Gasteiger charge is 2.59. The van der Waals surface area contributed by atoms with Gasteiger partial charge in [0.15, 0.2) is 5.76 Å². The minimum atomic E-state index is -2.00. The van der Waals surface area contributed by atoms with Crippen LogP contribution < -0.4 is 5.32 Å². The molecule has 10 heteroatoms. The van der Waals surface area contributed by atoms with E-state index in [0.717, 1.165) is 54.8 Å². The number of amides is 2. The largest absolute Gasteiger partial charge is 0.506 e. The fourth-order valence-electron chi connectivity index (χ4n) is 10.6. The summed E-state index contributed by atoms with van der Waals surface area (Å²) in [5, 5.41) is 50.1. The van der Waals surface area contributed by atoms with E-state index in [2.05, 4.69) is 46.0 Å². The van der Waals surface area contributed by atoms with Crippen LogP contribution in [-0.4, -0.2) is 93.4 Å². The van der Waals surface area contributed by atoms with Gasteiger partial charge in [-0.3, -0.25) is 9.59 Å². The SMILES string of the molecule is CC(=O)N(CCCNC(=O)/C(O)=C(/O)[C@H](O)C(O)CO)CCO[C@H]1CC[C@@]2(C)C(=CCC3[C@@H]4CC[C@H](C(C)CCCC(C)C)[C@@]4(C)CC[C@@H]32)C1. The zero-order valence-corrected chi connectivity index (χ0v) is 31.7. The molecular weight excluding hydrogens is 636 g/mol. The Kier molecular flexibility index (Phi) is 14.3. The van der Waals surface area contributed by atoms with E-state index in [4.69, 9.17) is 9.84 Å². The van der Waals surface area contributed by atoms with Crippen molar-refractivity contribution < 1.29 is 39.9 Å². The van der Waals surface area contributed by atoms with Gasteiger partial charge in [-0.05, 0) is 104 Å². The summed E-state index contributed by atoms with van der Waals surface area (Å²) in [5.74, 6) is 1.52. The summed E-state index contributed by atoms with van der Waals surface area (Å²) in [6.45, 7) is 14.4. The number of aliphatic hydroxyl groups is 5. The van der Waals surface area contributed by atoms with Gasteiger partial charge in [-0.15, -0.1) is 0 Å². The number of carbonyl (C=O) groups excluding carboxylic acids is 2. The van der Waals surface area contributed by atoms with Crippen LogP contribution in [0.4, 0.5) is 0 Å². The van der Waals surface area contributed by atoms with Gasteiger partial charge in [0.1, 0.15) is 12.2 Å².